The van der Waals surface area contributed by atoms with E-state index in [0.29, 0.717) is 5.56 Å². The second-order valence-corrected chi connectivity index (χ2v) is 3.57. The molecule has 62 valence electrons. The highest BCUT2D eigenvalue weighted by molar-refractivity contribution is 7.85. The van der Waals surface area contributed by atoms with Crippen LogP contribution in [0.4, 0.5) is 3.89 Å². The first-order chi connectivity index (χ1) is 4.97. The number of aromatic nitrogens is 2. The quantitative estimate of drug-likeness (QED) is 0.609. The average molecular weight is 178 g/mol. The Morgan fingerprint density at radius 3 is 2.73 bits per heavy atom. The van der Waals surface area contributed by atoms with Gasteiger partial charge >= 0.3 is 10.2 Å². The number of hydrogen-bond donors (Lipinski definition) is 0. The minimum Gasteiger partial charge on any atom is -0.276 e. The molecule has 0 saturated heterocycles. The maximum absolute atomic E-state index is 12.0. The highest BCUT2D eigenvalue weighted by atomic mass is 32.3. The first-order valence-corrected chi connectivity index (χ1v) is 4.42. The fraction of sp³-hybridized carbons (Fsp3) is 0.400. The van der Waals surface area contributed by atoms with E-state index in [0.717, 1.165) is 0 Å². The molecule has 1 heterocycles. The molecule has 0 unspecified atom stereocenters. The first-order valence-electron chi connectivity index (χ1n) is 2.87. The van der Waals surface area contributed by atoms with Gasteiger partial charge in [0.15, 0.2) is 0 Å². The lowest BCUT2D eigenvalue weighted by atomic mass is 10.4. The van der Waals surface area contributed by atoms with Crippen LogP contribution in [0.1, 0.15) is 5.56 Å². The summed E-state index contributed by atoms with van der Waals surface area (Å²) in [6, 6.07) is 0. The summed E-state index contributed by atoms with van der Waals surface area (Å²) in [5.41, 5.74) is 0.356. The zero-order valence-corrected chi connectivity index (χ0v) is 6.68. The third-order valence-electron chi connectivity index (χ3n) is 1.10. The van der Waals surface area contributed by atoms with Crippen LogP contribution in [0, 0.1) is 0 Å². The van der Waals surface area contributed by atoms with Gasteiger partial charge in [0.2, 0.25) is 0 Å². The van der Waals surface area contributed by atoms with Gasteiger partial charge in [0.05, 0.1) is 6.20 Å². The molecule has 0 fully saturated rings. The highest BCUT2D eigenvalue weighted by Gasteiger charge is 2.09. The lowest BCUT2D eigenvalue weighted by molar-refractivity contribution is 0.551. The van der Waals surface area contributed by atoms with Crippen LogP contribution in [0.5, 0.6) is 0 Å². The van der Waals surface area contributed by atoms with E-state index in [9.17, 15) is 12.3 Å². The van der Waals surface area contributed by atoms with Crippen molar-refractivity contribution in [2.45, 2.75) is 5.75 Å². The van der Waals surface area contributed by atoms with Crippen molar-refractivity contribution in [2.24, 2.45) is 7.05 Å². The van der Waals surface area contributed by atoms with Crippen LogP contribution in [0.25, 0.3) is 0 Å². The maximum Gasteiger partial charge on any atom is 0.306 e. The number of halogens is 1. The predicted octanol–water partition coefficient (Wildman–Crippen LogP) is 0.219. The number of aryl methyl sites for hydroxylation is 1. The molecular weight excluding hydrogens is 171 g/mol. The third-order valence-corrected chi connectivity index (χ3v) is 1.78. The van der Waals surface area contributed by atoms with E-state index in [1.54, 1.807) is 7.05 Å². The smallest absolute Gasteiger partial charge is 0.276 e. The van der Waals surface area contributed by atoms with Crippen molar-refractivity contribution in [1.82, 2.24) is 9.78 Å². The molecular formula is C5H7FN2O2S. The maximum atomic E-state index is 12.0. The molecule has 1 rings (SSSR count). The third kappa shape index (κ3) is 2.67. The molecule has 1 aromatic heterocycles. The van der Waals surface area contributed by atoms with E-state index in [4.69, 9.17) is 0 Å². The lowest BCUT2D eigenvalue weighted by Gasteiger charge is -1.87. The normalized spacial score (nSPS) is 11.8. The van der Waals surface area contributed by atoms with Crippen LogP contribution < -0.4 is 0 Å². The predicted molar refractivity (Wildman–Crippen MR) is 36.9 cm³/mol. The molecule has 11 heavy (non-hydrogen) atoms. The molecule has 0 radical (unpaired) electrons. The van der Waals surface area contributed by atoms with E-state index >= 15 is 0 Å². The van der Waals surface area contributed by atoms with E-state index < -0.39 is 16.0 Å². The molecule has 0 aliphatic heterocycles. The second kappa shape index (κ2) is 2.61. The summed E-state index contributed by atoms with van der Waals surface area (Å²) in [6.45, 7) is 0. The average Bonchev–Trinajstić information content (AvgIpc) is 2.10. The van der Waals surface area contributed by atoms with Crippen molar-refractivity contribution in [3.05, 3.63) is 18.0 Å². The van der Waals surface area contributed by atoms with Crippen molar-refractivity contribution in [3.8, 4) is 0 Å². The van der Waals surface area contributed by atoms with Crippen molar-refractivity contribution in [1.29, 1.82) is 0 Å². The summed E-state index contributed by atoms with van der Waals surface area (Å²) in [6.07, 6.45) is 2.77. The van der Waals surface area contributed by atoms with Crippen LogP contribution in [-0.4, -0.2) is 18.2 Å². The topological polar surface area (TPSA) is 52.0 Å². The molecule has 0 aliphatic carbocycles. The Bertz CT molecular complexity index is 343. The van der Waals surface area contributed by atoms with Crippen molar-refractivity contribution in [2.75, 3.05) is 0 Å². The van der Waals surface area contributed by atoms with Gasteiger partial charge in [-0.25, -0.2) is 0 Å². The van der Waals surface area contributed by atoms with Gasteiger partial charge in [0.25, 0.3) is 0 Å². The minimum atomic E-state index is -4.42. The standard InChI is InChI=1S/C5H7FN2O2S/c1-8-3-5(2-7-8)4-11(6,9)10/h2-3H,4H2,1H3. The molecule has 0 spiro atoms. The Hall–Kier alpha value is -0.910. The second-order valence-electron chi connectivity index (χ2n) is 2.21. The summed E-state index contributed by atoms with van der Waals surface area (Å²) in [5, 5.41) is 3.69. The molecule has 6 heteroatoms. The Kier molecular flexibility index (Phi) is 1.95. The molecule has 0 amide bonds. The van der Waals surface area contributed by atoms with Gasteiger partial charge in [-0.3, -0.25) is 4.68 Å². The molecule has 0 N–H and O–H groups in total. The summed E-state index contributed by atoms with van der Waals surface area (Å²) >= 11 is 0. The first kappa shape index (κ1) is 8.19. The van der Waals surface area contributed by atoms with Gasteiger partial charge in [-0.15, -0.1) is 3.89 Å². The van der Waals surface area contributed by atoms with Gasteiger partial charge in [-0.2, -0.15) is 13.5 Å². The van der Waals surface area contributed by atoms with Crippen LogP contribution in [0.15, 0.2) is 12.4 Å². The Balaban J connectivity index is 2.81. The van der Waals surface area contributed by atoms with Crippen LogP contribution >= 0.6 is 0 Å². The van der Waals surface area contributed by atoms with E-state index in [1.165, 1.54) is 17.1 Å². The lowest BCUT2D eigenvalue weighted by Crippen LogP contribution is -1.94. The zero-order valence-electron chi connectivity index (χ0n) is 5.86. The van der Waals surface area contributed by atoms with Crippen LogP contribution in [0.3, 0.4) is 0 Å². The molecule has 0 aliphatic rings. The van der Waals surface area contributed by atoms with Gasteiger partial charge < -0.3 is 0 Å². The van der Waals surface area contributed by atoms with Crippen molar-refractivity contribution in [3.63, 3.8) is 0 Å². The number of hydrogen-bond acceptors (Lipinski definition) is 3. The number of rotatable bonds is 2. The molecule has 0 saturated carbocycles. The van der Waals surface area contributed by atoms with Gasteiger partial charge in [-0.05, 0) is 0 Å². The molecule has 4 nitrogen and oxygen atoms in total. The summed E-state index contributed by atoms with van der Waals surface area (Å²) in [5.74, 6) is -0.596. The van der Waals surface area contributed by atoms with Crippen LogP contribution in [-0.2, 0) is 23.0 Å². The van der Waals surface area contributed by atoms with Gasteiger partial charge in [-0.1, -0.05) is 0 Å². The van der Waals surface area contributed by atoms with Gasteiger partial charge in [0.1, 0.15) is 5.75 Å². The molecule has 0 bridgehead atoms. The minimum absolute atomic E-state index is 0.356. The number of nitrogens with zero attached hydrogens (tertiary/aromatic N) is 2. The molecule has 0 atom stereocenters. The largest absolute Gasteiger partial charge is 0.306 e. The highest BCUT2D eigenvalue weighted by Crippen LogP contribution is 2.04. The van der Waals surface area contributed by atoms with Crippen molar-refractivity contribution < 1.29 is 12.3 Å². The Morgan fingerprint density at radius 1 is 1.73 bits per heavy atom. The van der Waals surface area contributed by atoms with E-state index in [1.807, 2.05) is 0 Å². The zero-order chi connectivity index (χ0) is 8.48. The monoisotopic (exact) mass is 178 g/mol. The van der Waals surface area contributed by atoms with E-state index in [2.05, 4.69) is 5.10 Å². The summed E-state index contributed by atoms with van der Waals surface area (Å²) in [4.78, 5) is 0. The fourth-order valence-electron chi connectivity index (χ4n) is 0.745. The summed E-state index contributed by atoms with van der Waals surface area (Å²) in [7, 11) is -2.78. The van der Waals surface area contributed by atoms with Crippen LogP contribution in [0.2, 0.25) is 0 Å². The fourth-order valence-corrected chi connectivity index (χ4v) is 1.29. The Labute approximate surface area is 63.9 Å². The molecule has 0 aromatic carbocycles. The summed E-state index contributed by atoms with van der Waals surface area (Å²) < 4.78 is 33.6. The molecule has 1 aromatic rings. The SMILES string of the molecule is Cn1cc(CS(=O)(=O)F)cn1. The van der Waals surface area contributed by atoms with Gasteiger partial charge in [0, 0.05) is 18.8 Å². The van der Waals surface area contributed by atoms with E-state index in [-0.39, 0.29) is 0 Å². The van der Waals surface area contributed by atoms with Crippen molar-refractivity contribution >= 4 is 10.2 Å². The Morgan fingerprint density at radius 2 is 2.36 bits per heavy atom.